The summed E-state index contributed by atoms with van der Waals surface area (Å²) in [5.41, 5.74) is 1.32. The van der Waals surface area contributed by atoms with E-state index in [0.29, 0.717) is 30.7 Å². The Balaban J connectivity index is 2.04. The molecule has 0 radical (unpaired) electrons. The summed E-state index contributed by atoms with van der Waals surface area (Å²) in [6, 6.07) is 1.79. The highest BCUT2D eigenvalue weighted by molar-refractivity contribution is 6.05. The number of β-amino-alcohol motifs (C(OH)–C–C–N with tert-alkyl or cyclic N) is 1. The van der Waals surface area contributed by atoms with Gasteiger partial charge in [0, 0.05) is 25.8 Å². The van der Waals surface area contributed by atoms with E-state index >= 15 is 0 Å². The van der Waals surface area contributed by atoms with Crippen LogP contribution in [0.3, 0.4) is 0 Å². The van der Waals surface area contributed by atoms with Gasteiger partial charge in [0.15, 0.2) is 5.65 Å². The van der Waals surface area contributed by atoms with Crippen molar-refractivity contribution in [2.24, 2.45) is 7.05 Å². The Morgan fingerprint density at radius 2 is 2.25 bits per heavy atom. The number of aromatic nitrogens is 3. The Kier molecular flexibility index (Phi) is 2.79. The van der Waals surface area contributed by atoms with E-state index in [1.807, 2.05) is 14.0 Å². The van der Waals surface area contributed by atoms with E-state index in [9.17, 15) is 9.90 Å². The summed E-state index contributed by atoms with van der Waals surface area (Å²) in [5, 5.41) is 14.9. The average Bonchev–Trinajstić information content (AvgIpc) is 2.92. The van der Waals surface area contributed by atoms with Crippen molar-refractivity contribution in [1.29, 1.82) is 0 Å². The first-order chi connectivity index (χ1) is 9.37. The predicted octanol–water partition coefficient (Wildman–Crippen LogP) is 0.874. The van der Waals surface area contributed by atoms with Gasteiger partial charge in [-0.3, -0.25) is 9.48 Å². The molecule has 6 nitrogen and oxygen atoms in total. The average molecular weight is 274 g/mol. The van der Waals surface area contributed by atoms with Gasteiger partial charge in [-0.2, -0.15) is 5.10 Å². The molecule has 1 fully saturated rings. The number of hydrogen-bond acceptors (Lipinski definition) is 4. The maximum absolute atomic E-state index is 12.7. The molecule has 6 heteroatoms. The first kappa shape index (κ1) is 13.1. The van der Waals surface area contributed by atoms with Crippen LogP contribution >= 0.6 is 0 Å². The summed E-state index contributed by atoms with van der Waals surface area (Å²) in [7, 11) is 1.81. The molecule has 1 aliphatic heterocycles. The second-order valence-corrected chi connectivity index (χ2v) is 5.79. The van der Waals surface area contributed by atoms with Crippen molar-refractivity contribution in [3.05, 3.63) is 23.5 Å². The molecule has 1 saturated heterocycles. The van der Waals surface area contributed by atoms with Crippen LogP contribution in [-0.4, -0.2) is 49.4 Å². The number of aryl methyl sites for hydroxylation is 2. The molecule has 3 heterocycles. The first-order valence-electron chi connectivity index (χ1n) is 6.68. The Bertz CT molecular complexity index is 690. The van der Waals surface area contributed by atoms with Crippen molar-refractivity contribution >= 4 is 16.9 Å². The molecule has 1 unspecified atom stereocenters. The van der Waals surface area contributed by atoms with Gasteiger partial charge in [-0.1, -0.05) is 0 Å². The van der Waals surface area contributed by atoms with Gasteiger partial charge in [0.2, 0.25) is 0 Å². The van der Waals surface area contributed by atoms with Crippen molar-refractivity contribution in [3.63, 3.8) is 0 Å². The fraction of sp³-hybridized carbons (Fsp3) is 0.500. The van der Waals surface area contributed by atoms with E-state index in [0.717, 1.165) is 11.1 Å². The fourth-order valence-corrected chi connectivity index (χ4v) is 2.71. The molecule has 3 rings (SSSR count). The molecule has 2 aromatic rings. The molecule has 0 saturated carbocycles. The zero-order chi connectivity index (χ0) is 14.5. The summed E-state index contributed by atoms with van der Waals surface area (Å²) in [6.07, 6.45) is 2.28. The summed E-state index contributed by atoms with van der Waals surface area (Å²) >= 11 is 0. The molecule has 1 N–H and O–H groups in total. The van der Waals surface area contributed by atoms with E-state index in [2.05, 4.69) is 10.1 Å². The Morgan fingerprint density at radius 3 is 2.90 bits per heavy atom. The second kappa shape index (κ2) is 4.28. The minimum atomic E-state index is -0.786. The molecular formula is C14H18N4O2. The number of amides is 1. The van der Waals surface area contributed by atoms with Crippen molar-refractivity contribution in [2.45, 2.75) is 25.9 Å². The molecule has 20 heavy (non-hydrogen) atoms. The largest absolute Gasteiger partial charge is 0.388 e. The van der Waals surface area contributed by atoms with Crippen LogP contribution in [-0.2, 0) is 7.05 Å². The van der Waals surface area contributed by atoms with Crippen LogP contribution in [0.15, 0.2) is 12.3 Å². The van der Waals surface area contributed by atoms with Gasteiger partial charge in [-0.25, -0.2) is 4.98 Å². The van der Waals surface area contributed by atoms with Gasteiger partial charge >= 0.3 is 0 Å². The normalized spacial score (nSPS) is 22.7. The van der Waals surface area contributed by atoms with E-state index < -0.39 is 5.60 Å². The summed E-state index contributed by atoms with van der Waals surface area (Å²) in [4.78, 5) is 18.8. The topological polar surface area (TPSA) is 71.2 Å². The number of nitrogens with zero attached hydrogens (tertiary/aromatic N) is 4. The molecule has 0 aliphatic carbocycles. The molecule has 2 aromatic heterocycles. The number of likely N-dealkylation sites (tertiary alicyclic amines) is 1. The van der Waals surface area contributed by atoms with E-state index in [1.165, 1.54) is 0 Å². The number of hydrogen-bond donors (Lipinski definition) is 1. The molecule has 1 aliphatic rings. The number of carbonyl (C=O) groups excluding carboxylic acids is 1. The van der Waals surface area contributed by atoms with Crippen LogP contribution in [0.2, 0.25) is 0 Å². The Morgan fingerprint density at radius 1 is 1.50 bits per heavy atom. The lowest BCUT2D eigenvalue weighted by Gasteiger charge is -2.19. The number of rotatable bonds is 1. The monoisotopic (exact) mass is 274 g/mol. The van der Waals surface area contributed by atoms with Gasteiger partial charge in [0.1, 0.15) is 0 Å². The van der Waals surface area contributed by atoms with Crippen molar-refractivity contribution in [2.75, 3.05) is 13.1 Å². The number of fused-ring (bicyclic) bond motifs is 1. The molecule has 1 atom stereocenters. The third-order valence-electron chi connectivity index (χ3n) is 3.80. The zero-order valence-electron chi connectivity index (χ0n) is 11.9. The zero-order valence-corrected chi connectivity index (χ0v) is 11.9. The Hall–Kier alpha value is -1.95. The Labute approximate surface area is 117 Å². The molecule has 0 aromatic carbocycles. The van der Waals surface area contributed by atoms with Crippen molar-refractivity contribution in [1.82, 2.24) is 19.7 Å². The SMILES string of the molecule is Cc1cc(C(=O)N2CCC(C)(O)C2)c2cnn(C)c2n1. The van der Waals surface area contributed by atoms with Crippen molar-refractivity contribution < 1.29 is 9.90 Å². The summed E-state index contributed by atoms with van der Waals surface area (Å²) < 4.78 is 1.67. The molecule has 0 spiro atoms. The van der Waals surface area contributed by atoms with Gasteiger partial charge in [-0.15, -0.1) is 0 Å². The maximum atomic E-state index is 12.7. The molecule has 1 amide bonds. The molecule has 106 valence electrons. The summed E-state index contributed by atoms with van der Waals surface area (Å²) in [5.74, 6) is -0.0636. The van der Waals surface area contributed by atoms with E-state index in [4.69, 9.17) is 0 Å². The van der Waals surface area contributed by atoms with E-state index in [1.54, 1.807) is 28.8 Å². The quantitative estimate of drug-likeness (QED) is 0.837. The van der Waals surface area contributed by atoms with Crippen LogP contribution in [0.5, 0.6) is 0 Å². The van der Waals surface area contributed by atoms with Crippen LogP contribution in [0, 0.1) is 6.92 Å². The highest BCUT2D eigenvalue weighted by atomic mass is 16.3. The third-order valence-corrected chi connectivity index (χ3v) is 3.80. The summed E-state index contributed by atoms with van der Waals surface area (Å²) in [6.45, 7) is 4.57. The smallest absolute Gasteiger partial charge is 0.254 e. The predicted molar refractivity (Wildman–Crippen MR) is 74.4 cm³/mol. The minimum Gasteiger partial charge on any atom is -0.388 e. The highest BCUT2D eigenvalue weighted by Crippen LogP contribution is 2.25. The third kappa shape index (κ3) is 2.06. The van der Waals surface area contributed by atoms with Gasteiger partial charge < -0.3 is 10.0 Å². The fourth-order valence-electron chi connectivity index (χ4n) is 2.71. The lowest BCUT2D eigenvalue weighted by atomic mass is 10.1. The number of aliphatic hydroxyl groups is 1. The van der Waals surface area contributed by atoms with Crippen LogP contribution in [0.25, 0.3) is 11.0 Å². The van der Waals surface area contributed by atoms with Gasteiger partial charge in [-0.05, 0) is 26.3 Å². The maximum Gasteiger partial charge on any atom is 0.254 e. The van der Waals surface area contributed by atoms with Crippen LogP contribution < -0.4 is 0 Å². The van der Waals surface area contributed by atoms with Gasteiger partial charge in [0.25, 0.3) is 5.91 Å². The molecular weight excluding hydrogens is 256 g/mol. The molecule has 0 bridgehead atoms. The van der Waals surface area contributed by atoms with Crippen LogP contribution in [0.4, 0.5) is 0 Å². The minimum absolute atomic E-state index is 0.0636. The van der Waals surface area contributed by atoms with Crippen molar-refractivity contribution in [3.8, 4) is 0 Å². The lowest BCUT2D eigenvalue weighted by Crippen LogP contribution is -2.34. The second-order valence-electron chi connectivity index (χ2n) is 5.79. The standard InChI is InChI=1S/C14H18N4O2/c1-9-6-10(11-7-15-17(3)12(11)16-9)13(19)18-5-4-14(2,20)8-18/h6-7,20H,4-5,8H2,1-3H3. The number of carbonyl (C=O) groups is 1. The van der Waals surface area contributed by atoms with Gasteiger partial charge in [0.05, 0.1) is 22.7 Å². The highest BCUT2D eigenvalue weighted by Gasteiger charge is 2.35. The lowest BCUT2D eigenvalue weighted by molar-refractivity contribution is 0.0573. The van der Waals surface area contributed by atoms with E-state index in [-0.39, 0.29) is 5.91 Å². The number of pyridine rings is 1. The first-order valence-corrected chi connectivity index (χ1v) is 6.68. The van der Waals surface area contributed by atoms with Crippen LogP contribution in [0.1, 0.15) is 29.4 Å².